The van der Waals surface area contributed by atoms with Gasteiger partial charge in [0, 0.05) is 28.4 Å². The highest BCUT2D eigenvalue weighted by molar-refractivity contribution is 7.99. The van der Waals surface area contributed by atoms with E-state index in [1.165, 1.54) is 16.6 Å². The molecule has 0 saturated heterocycles. The van der Waals surface area contributed by atoms with E-state index in [9.17, 15) is 10.1 Å². The van der Waals surface area contributed by atoms with Crippen molar-refractivity contribution in [1.29, 1.82) is 5.26 Å². The number of rotatable bonds is 5. The van der Waals surface area contributed by atoms with Gasteiger partial charge >= 0.3 is 0 Å². The Bertz CT molecular complexity index is 933. The quantitative estimate of drug-likeness (QED) is 0.516. The van der Waals surface area contributed by atoms with E-state index in [1.54, 1.807) is 11.3 Å². The molecule has 2 aromatic rings. The molecule has 0 bridgehead atoms. The number of aryl methyl sites for hydroxylation is 2. The first-order valence-corrected chi connectivity index (χ1v) is 11.8. The Kier molecular flexibility index (Phi) is 6.65. The van der Waals surface area contributed by atoms with Gasteiger partial charge in [-0.05, 0) is 56.1 Å². The molecule has 7 heteroatoms. The number of thioether (sulfide) groups is 1. The van der Waals surface area contributed by atoms with E-state index in [-0.39, 0.29) is 11.3 Å². The van der Waals surface area contributed by atoms with Crippen molar-refractivity contribution in [1.82, 2.24) is 9.97 Å². The number of nitrogens with zero attached hydrogens (tertiary/aromatic N) is 3. The van der Waals surface area contributed by atoms with E-state index >= 15 is 0 Å². The number of carbonyl (C=O) groups excluding carboxylic acids is 1. The second-order valence-electron chi connectivity index (χ2n) is 8.71. The molecule has 29 heavy (non-hydrogen) atoms. The van der Waals surface area contributed by atoms with E-state index in [1.807, 2.05) is 19.9 Å². The van der Waals surface area contributed by atoms with Crippen LogP contribution in [0.15, 0.2) is 11.2 Å². The summed E-state index contributed by atoms with van der Waals surface area (Å²) in [6.45, 7) is 10.7. The summed E-state index contributed by atoms with van der Waals surface area (Å²) < 4.78 is 0. The van der Waals surface area contributed by atoms with Gasteiger partial charge in [-0.25, -0.2) is 9.97 Å². The molecular weight excluding hydrogens is 400 g/mol. The molecule has 0 spiro atoms. The zero-order valence-corrected chi connectivity index (χ0v) is 19.4. The Balaban J connectivity index is 1.62. The summed E-state index contributed by atoms with van der Waals surface area (Å²) in [6, 6.07) is 4.26. The van der Waals surface area contributed by atoms with Crippen LogP contribution in [0.5, 0.6) is 0 Å². The van der Waals surface area contributed by atoms with Crippen LogP contribution in [0.4, 0.5) is 5.00 Å². The molecule has 0 aromatic carbocycles. The van der Waals surface area contributed by atoms with Crippen molar-refractivity contribution in [2.24, 2.45) is 11.3 Å². The van der Waals surface area contributed by atoms with Gasteiger partial charge in [0.15, 0.2) is 5.16 Å². The van der Waals surface area contributed by atoms with Crippen molar-refractivity contribution in [2.45, 2.75) is 65.5 Å². The molecular formula is C22H28N4OS2. The predicted molar refractivity (Wildman–Crippen MR) is 119 cm³/mol. The average molecular weight is 429 g/mol. The first-order chi connectivity index (χ1) is 13.7. The fourth-order valence-electron chi connectivity index (χ4n) is 3.71. The number of carbonyl (C=O) groups is 1. The highest BCUT2D eigenvalue weighted by Gasteiger charge is 2.32. The molecule has 1 N–H and O–H groups in total. The van der Waals surface area contributed by atoms with Gasteiger partial charge in [0.1, 0.15) is 11.1 Å². The van der Waals surface area contributed by atoms with E-state index in [4.69, 9.17) is 0 Å². The van der Waals surface area contributed by atoms with Crippen molar-refractivity contribution in [3.05, 3.63) is 33.5 Å². The van der Waals surface area contributed by atoms with Gasteiger partial charge in [-0.1, -0.05) is 32.5 Å². The van der Waals surface area contributed by atoms with Gasteiger partial charge in [-0.2, -0.15) is 5.26 Å². The van der Waals surface area contributed by atoms with Crippen molar-refractivity contribution in [2.75, 3.05) is 11.1 Å². The zero-order valence-electron chi connectivity index (χ0n) is 17.8. The van der Waals surface area contributed by atoms with Gasteiger partial charge in [-0.3, -0.25) is 4.79 Å². The third-order valence-electron chi connectivity index (χ3n) is 5.38. The maximum absolute atomic E-state index is 12.5. The van der Waals surface area contributed by atoms with Crippen LogP contribution in [0.3, 0.4) is 0 Å². The molecule has 0 fully saturated rings. The lowest BCUT2D eigenvalue weighted by Gasteiger charge is -2.33. The van der Waals surface area contributed by atoms with Gasteiger partial charge < -0.3 is 5.32 Å². The average Bonchev–Trinajstić information content (AvgIpc) is 2.96. The zero-order chi connectivity index (χ0) is 21.2. The normalized spacial score (nSPS) is 16.2. The molecule has 1 atom stereocenters. The second-order valence-corrected chi connectivity index (χ2v) is 10.9. The summed E-state index contributed by atoms with van der Waals surface area (Å²) in [7, 11) is 0. The molecule has 1 unspecified atom stereocenters. The van der Waals surface area contributed by atoms with Crippen LogP contribution in [0, 0.1) is 36.5 Å². The number of hydrogen-bond donors (Lipinski definition) is 1. The number of amides is 1. The lowest BCUT2D eigenvalue weighted by Crippen LogP contribution is -2.26. The van der Waals surface area contributed by atoms with E-state index in [0.717, 1.165) is 36.2 Å². The van der Waals surface area contributed by atoms with E-state index in [0.29, 0.717) is 33.8 Å². The lowest BCUT2D eigenvalue weighted by molar-refractivity contribution is -0.115. The maximum Gasteiger partial charge on any atom is 0.225 e. The Morgan fingerprint density at radius 1 is 1.34 bits per heavy atom. The molecule has 5 nitrogen and oxygen atoms in total. The third kappa shape index (κ3) is 5.37. The smallest absolute Gasteiger partial charge is 0.225 e. The summed E-state index contributed by atoms with van der Waals surface area (Å²) in [5, 5.41) is 14.1. The summed E-state index contributed by atoms with van der Waals surface area (Å²) in [5.41, 5.74) is 3.93. The molecule has 154 valence electrons. The highest BCUT2D eigenvalue weighted by atomic mass is 32.2. The standard InChI is InChI=1S/C22H28N4OS2/c1-13-10-14(2)25-21(24-13)28-9-8-19(27)26-20-17(12-23)16-7-6-15(22(3,4)5)11-18(16)29-20/h10,15H,6-9,11H2,1-5H3,(H,26,27). The molecule has 1 amide bonds. The summed E-state index contributed by atoms with van der Waals surface area (Å²) in [6.07, 6.45) is 3.38. The van der Waals surface area contributed by atoms with Crippen LogP contribution in [0.2, 0.25) is 0 Å². The number of thiophene rings is 1. The van der Waals surface area contributed by atoms with Crippen LogP contribution >= 0.6 is 23.1 Å². The maximum atomic E-state index is 12.5. The van der Waals surface area contributed by atoms with Gasteiger partial charge in [0.05, 0.1) is 5.56 Å². The Morgan fingerprint density at radius 3 is 2.66 bits per heavy atom. The number of aromatic nitrogens is 2. The van der Waals surface area contributed by atoms with E-state index < -0.39 is 0 Å². The fourth-order valence-corrected chi connectivity index (χ4v) is 5.89. The number of hydrogen-bond acceptors (Lipinski definition) is 6. The van der Waals surface area contributed by atoms with Crippen molar-refractivity contribution < 1.29 is 4.79 Å². The number of anilines is 1. The molecule has 0 saturated carbocycles. The topological polar surface area (TPSA) is 78.7 Å². The molecule has 3 rings (SSSR count). The summed E-state index contributed by atoms with van der Waals surface area (Å²) >= 11 is 3.07. The largest absolute Gasteiger partial charge is 0.317 e. The number of nitrogens with one attached hydrogen (secondary N) is 1. The van der Waals surface area contributed by atoms with Crippen LogP contribution in [0.1, 0.15) is 61.0 Å². The first kappa shape index (κ1) is 21.8. The van der Waals surface area contributed by atoms with Crippen molar-refractivity contribution in [3.63, 3.8) is 0 Å². The fraction of sp³-hybridized carbons (Fsp3) is 0.545. The second kappa shape index (κ2) is 8.85. The molecule has 1 aliphatic rings. The monoisotopic (exact) mass is 428 g/mol. The molecule has 0 aliphatic heterocycles. The molecule has 1 aliphatic carbocycles. The lowest BCUT2D eigenvalue weighted by atomic mass is 9.72. The molecule has 2 heterocycles. The Labute approximate surface area is 181 Å². The van der Waals surface area contributed by atoms with Gasteiger partial charge in [0.2, 0.25) is 5.91 Å². The van der Waals surface area contributed by atoms with Crippen molar-refractivity contribution >= 4 is 34.0 Å². The van der Waals surface area contributed by atoms with Gasteiger partial charge in [-0.15, -0.1) is 11.3 Å². The van der Waals surface area contributed by atoms with Crippen LogP contribution < -0.4 is 5.32 Å². The number of nitriles is 1. The first-order valence-electron chi connectivity index (χ1n) is 9.97. The minimum absolute atomic E-state index is 0.0654. The molecule has 0 radical (unpaired) electrons. The third-order valence-corrected chi connectivity index (χ3v) is 7.40. The predicted octanol–water partition coefficient (Wildman–Crippen LogP) is 5.30. The summed E-state index contributed by atoms with van der Waals surface area (Å²) in [4.78, 5) is 22.5. The van der Waals surface area contributed by atoms with Gasteiger partial charge in [0.25, 0.3) is 0 Å². The Hall–Kier alpha value is -1.91. The van der Waals surface area contributed by atoms with Crippen molar-refractivity contribution in [3.8, 4) is 6.07 Å². The minimum Gasteiger partial charge on any atom is -0.317 e. The van der Waals surface area contributed by atoms with E-state index in [2.05, 4.69) is 42.1 Å². The number of fused-ring (bicyclic) bond motifs is 1. The SMILES string of the molecule is Cc1cc(C)nc(SCCC(=O)Nc2sc3c(c2C#N)CCC(C(C)(C)C)C3)n1. The Morgan fingerprint density at radius 2 is 2.03 bits per heavy atom. The van der Waals surface area contributed by atoms with Crippen LogP contribution in [-0.4, -0.2) is 21.6 Å². The minimum atomic E-state index is -0.0654. The van der Waals surface area contributed by atoms with Crippen LogP contribution in [0.25, 0.3) is 0 Å². The molecule has 2 aromatic heterocycles. The highest BCUT2D eigenvalue weighted by Crippen LogP contribution is 2.44. The summed E-state index contributed by atoms with van der Waals surface area (Å²) in [5.74, 6) is 1.15. The van der Waals surface area contributed by atoms with Crippen LogP contribution in [-0.2, 0) is 17.6 Å².